The molecule has 0 saturated carbocycles. The summed E-state index contributed by atoms with van der Waals surface area (Å²) in [6.45, 7) is 4.28. The van der Waals surface area contributed by atoms with Crippen LogP contribution in [0.2, 0.25) is 0 Å². The van der Waals surface area contributed by atoms with E-state index in [1.807, 2.05) is 7.05 Å². The summed E-state index contributed by atoms with van der Waals surface area (Å²) in [7, 11) is 2.01. The van der Waals surface area contributed by atoms with Gasteiger partial charge in [-0.3, -0.25) is 10.1 Å². The molecule has 1 aromatic carbocycles. The van der Waals surface area contributed by atoms with Crippen LogP contribution in [0.3, 0.4) is 0 Å². The van der Waals surface area contributed by atoms with Crippen LogP contribution in [0.15, 0.2) is 18.2 Å². The van der Waals surface area contributed by atoms with Crippen LogP contribution in [0.5, 0.6) is 0 Å². The molecule has 0 N–H and O–H groups in total. The molecule has 0 spiro atoms. The summed E-state index contributed by atoms with van der Waals surface area (Å²) in [6, 6.07) is 4.90. The second-order valence-corrected chi connectivity index (χ2v) is 5.44. The molecular weight excluding hydrogens is 278 g/mol. The molecule has 6 heteroatoms. The number of hydrogen-bond acceptors (Lipinski definition) is 4. The first-order chi connectivity index (χ1) is 9.61. The highest BCUT2D eigenvalue weighted by Gasteiger charge is 2.15. The largest absolute Gasteiger partial charge is 0.373 e. The Labute approximate surface area is 124 Å². The molecule has 20 heavy (non-hydrogen) atoms. The molecule has 0 bridgehead atoms. The van der Waals surface area contributed by atoms with Gasteiger partial charge in [-0.1, -0.05) is 0 Å². The Morgan fingerprint density at radius 2 is 2.10 bits per heavy atom. The fourth-order valence-electron chi connectivity index (χ4n) is 2.58. The molecule has 5 nitrogen and oxygen atoms in total. The van der Waals surface area contributed by atoms with Gasteiger partial charge in [-0.15, -0.1) is 11.6 Å². The molecule has 0 unspecified atom stereocenters. The number of anilines is 1. The monoisotopic (exact) mass is 297 g/mol. The molecule has 1 aliphatic heterocycles. The summed E-state index contributed by atoms with van der Waals surface area (Å²) in [5.41, 5.74) is 1.88. The maximum absolute atomic E-state index is 10.8. The van der Waals surface area contributed by atoms with Crippen molar-refractivity contribution >= 4 is 23.0 Å². The summed E-state index contributed by atoms with van der Waals surface area (Å²) in [5, 5.41) is 10.8. The van der Waals surface area contributed by atoms with E-state index in [2.05, 4.69) is 9.80 Å². The second kappa shape index (κ2) is 6.90. The third kappa shape index (κ3) is 3.61. The van der Waals surface area contributed by atoms with Gasteiger partial charge in [0.1, 0.15) is 0 Å². The molecular formula is C14H20ClN3O2. The third-order valence-electron chi connectivity index (χ3n) is 3.78. The van der Waals surface area contributed by atoms with Crippen LogP contribution in [0, 0.1) is 10.1 Å². The van der Waals surface area contributed by atoms with Gasteiger partial charge in [-0.05, 0) is 37.6 Å². The second-order valence-electron chi connectivity index (χ2n) is 5.17. The number of nitro groups is 1. The SMILES string of the molecule is CN(CCN1CCCC1)c1ccc([N+](=O)[O-])cc1CCl. The standard InChI is InChI=1S/C14H20ClN3O2/c1-16(8-9-17-6-2-3-7-17)14-5-4-13(18(19)20)10-12(14)11-15/h4-5,10H,2-3,6-9,11H2,1H3. The lowest BCUT2D eigenvalue weighted by atomic mass is 10.1. The van der Waals surface area contributed by atoms with Crippen molar-refractivity contribution in [1.29, 1.82) is 0 Å². The highest BCUT2D eigenvalue weighted by Crippen LogP contribution is 2.26. The smallest absolute Gasteiger partial charge is 0.269 e. The first kappa shape index (κ1) is 15.1. The van der Waals surface area contributed by atoms with Gasteiger partial charge in [0.15, 0.2) is 0 Å². The van der Waals surface area contributed by atoms with Crippen molar-refractivity contribution < 1.29 is 4.92 Å². The lowest BCUT2D eigenvalue weighted by molar-refractivity contribution is -0.384. The van der Waals surface area contributed by atoms with E-state index in [4.69, 9.17) is 11.6 Å². The van der Waals surface area contributed by atoms with Crippen LogP contribution < -0.4 is 4.90 Å². The maximum Gasteiger partial charge on any atom is 0.269 e. The fourth-order valence-corrected chi connectivity index (χ4v) is 2.80. The zero-order valence-electron chi connectivity index (χ0n) is 11.7. The van der Waals surface area contributed by atoms with Gasteiger partial charge < -0.3 is 9.80 Å². The van der Waals surface area contributed by atoms with Crippen molar-refractivity contribution in [1.82, 2.24) is 4.90 Å². The number of benzene rings is 1. The number of likely N-dealkylation sites (tertiary alicyclic amines) is 1. The molecule has 2 rings (SSSR count). The van der Waals surface area contributed by atoms with Gasteiger partial charge in [0.2, 0.25) is 0 Å². The van der Waals surface area contributed by atoms with E-state index < -0.39 is 0 Å². The normalized spacial score (nSPS) is 15.5. The summed E-state index contributed by atoms with van der Waals surface area (Å²) >= 11 is 5.92. The quantitative estimate of drug-likeness (QED) is 0.460. The van der Waals surface area contributed by atoms with Crippen LogP contribution in [0.25, 0.3) is 0 Å². The van der Waals surface area contributed by atoms with Gasteiger partial charge in [-0.25, -0.2) is 0 Å². The number of hydrogen-bond donors (Lipinski definition) is 0. The zero-order chi connectivity index (χ0) is 14.5. The number of nitrogens with zero attached hydrogens (tertiary/aromatic N) is 3. The van der Waals surface area contributed by atoms with E-state index in [-0.39, 0.29) is 16.5 Å². The summed E-state index contributed by atoms with van der Waals surface area (Å²) in [4.78, 5) is 15.0. The molecule has 110 valence electrons. The minimum Gasteiger partial charge on any atom is -0.373 e. The topological polar surface area (TPSA) is 49.6 Å². The number of likely N-dealkylation sites (N-methyl/N-ethyl adjacent to an activating group) is 1. The van der Waals surface area contributed by atoms with Crippen molar-refractivity contribution in [2.75, 3.05) is 38.1 Å². The lowest BCUT2D eigenvalue weighted by Gasteiger charge is -2.24. The van der Waals surface area contributed by atoms with Crippen molar-refractivity contribution in [2.24, 2.45) is 0 Å². The van der Waals surface area contributed by atoms with Crippen LogP contribution in [0.1, 0.15) is 18.4 Å². The first-order valence-electron chi connectivity index (χ1n) is 6.88. The van der Waals surface area contributed by atoms with Gasteiger partial charge >= 0.3 is 0 Å². The number of halogens is 1. The Morgan fingerprint density at radius 3 is 2.70 bits per heavy atom. The number of alkyl halides is 1. The minimum atomic E-state index is -0.385. The van der Waals surface area contributed by atoms with Gasteiger partial charge in [0, 0.05) is 43.8 Å². The van der Waals surface area contributed by atoms with Crippen LogP contribution in [0.4, 0.5) is 11.4 Å². The van der Waals surface area contributed by atoms with Gasteiger partial charge in [-0.2, -0.15) is 0 Å². The Bertz CT molecular complexity index is 475. The summed E-state index contributed by atoms with van der Waals surface area (Å²) in [6.07, 6.45) is 2.57. The molecule has 0 aliphatic carbocycles. The average Bonchev–Trinajstić information content (AvgIpc) is 2.97. The first-order valence-corrected chi connectivity index (χ1v) is 7.42. The van der Waals surface area contributed by atoms with E-state index in [0.29, 0.717) is 0 Å². The molecule has 1 aromatic rings. The number of non-ortho nitro benzene ring substituents is 1. The predicted octanol–water partition coefficient (Wildman–Crippen LogP) is 2.87. The van der Waals surface area contributed by atoms with Crippen molar-refractivity contribution in [3.63, 3.8) is 0 Å². The van der Waals surface area contributed by atoms with E-state index in [1.54, 1.807) is 12.1 Å². The van der Waals surface area contributed by atoms with E-state index in [9.17, 15) is 10.1 Å². The summed E-state index contributed by atoms with van der Waals surface area (Å²) < 4.78 is 0. The predicted molar refractivity (Wildman–Crippen MR) is 81.6 cm³/mol. The van der Waals surface area contributed by atoms with Crippen LogP contribution in [-0.2, 0) is 5.88 Å². The molecule has 1 heterocycles. The van der Waals surface area contributed by atoms with Crippen molar-refractivity contribution in [3.05, 3.63) is 33.9 Å². The third-order valence-corrected chi connectivity index (χ3v) is 4.07. The molecule has 1 fully saturated rings. The molecule has 0 radical (unpaired) electrons. The zero-order valence-corrected chi connectivity index (χ0v) is 12.5. The maximum atomic E-state index is 10.8. The highest BCUT2D eigenvalue weighted by atomic mass is 35.5. The lowest BCUT2D eigenvalue weighted by Crippen LogP contribution is -2.31. The molecule has 1 aliphatic rings. The van der Waals surface area contributed by atoms with E-state index >= 15 is 0 Å². The van der Waals surface area contributed by atoms with Crippen molar-refractivity contribution in [2.45, 2.75) is 18.7 Å². The van der Waals surface area contributed by atoms with Crippen LogP contribution in [-0.4, -0.2) is 43.0 Å². The molecule has 0 amide bonds. The average molecular weight is 298 g/mol. The van der Waals surface area contributed by atoms with Crippen molar-refractivity contribution in [3.8, 4) is 0 Å². The Balaban J connectivity index is 2.04. The van der Waals surface area contributed by atoms with Gasteiger partial charge in [0.25, 0.3) is 5.69 Å². The van der Waals surface area contributed by atoms with Gasteiger partial charge in [0.05, 0.1) is 4.92 Å². The van der Waals surface area contributed by atoms with E-state index in [0.717, 1.165) is 24.3 Å². The summed E-state index contributed by atoms with van der Waals surface area (Å²) in [5.74, 6) is 0.283. The minimum absolute atomic E-state index is 0.0948. The Kier molecular flexibility index (Phi) is 5.20. The fraction of sp³-hybridized carbons (Fsp3) is 0.571. The number of rotatable bonds is 6. The Hall–Kier alpha value is -1.33. The number of nitro benzene ring substituents is 1. The Morgan fingerprint density at radius 1 is 1.40 bits per heavy atom. The van der Waals surface area contributed by atoms with Crippen LogP contribution >= 0.6 is 11.6 Å². The van der Waals surface area contributed by atoms with E-state index in [1.165, 1.54) is 32.0 Å². The molecule has 0 aromatic heterocycles. The molecule has 0 atom stereocenters. The highest BCUT2D eigenvalue weighted by molar-refractivity contribution is 6.17. The molecule has 1 saturated heterocycles.